The van der Waals surface area contributed by atoms with Crippen molar-refractivity contribution in [3.05, 3.63) is 11.5 Å². The molecule has 1 fully saturated rings. The van der Waals surface area contributed by atoms with E-state index in [9.17, 15) is 8.42 Å². The zero-order valence-corrected chi connectivity index (χ0v) is 10.7. The SMILES string of the molecule is Cc1noc(C)c1S(=O)(=O)NCC1(CO)CC1. The number of aryl methyl sites for hydroxylation is 2. The van der Waals surface area contributed by atoms with Gasteiger partial charge in [-0.1, -0.05) is 5.16 Å². The fraction of sp³-hybridized carbons (Fsp3) is 0.700. The lowest BCUT2D eigenvalue weighted by Crippen LogP contribution is -2.32. The van der Waals surface area contributed by atoms with Gasteiger partial charge in [-0.3, -0.25) is 0 Å². The summed E-state index contributed by atoms with van der Waals surface area (Å²) in [7, 11) is -3.60. The van der Waals surface area contributed by atoms with E-state index in [1.807, 2.05) is 0 Å². The lowest BCUT2D eigenvalue weighted by atomic mass is 10.1. The molecule has 0 bridgehead atoms. The molecule has 7 heteroatoms. The van der Waals surface area contributed by atoms with Crippen molar-refractivity contribution in [1.82, 2.24) is 9.88 Å². The highest BCUT2D eigenvalue weighted by Gasteiger charge is 2.43. The number of rotatable bonds is 5. The van der Waals surface area contributed by atoms with E-state index in [2.05, 4.69) is 9.88 Å². The Morgan fingerprint density at radius 3 is 2.53 bits per heavy atom. The molecule has 1 aromatic rings. The summed E-state index contributed by atoms with van der Waals surface area (Å²) >= 11 is 0. The highest BCUT2D eigenvalue weighted by atomic mass is 32.2. The summed E-state index contributed by atoms with van der Waals surface area (Å²) in [5.41, 5.74) is 0.0929. The van der Waals surface area contributed by atoms with E-state index < -0.39 is 10.0 Å². The van der Waals surface area contributed by atoms with Gasteiger partial charge in [0.1, 0.15) is 10.6 Å². The lowest BCUT2D eigenvalue weighted by molar-refractivity contribution is 0.213. The Kier molecular flexibility index (Phi) is 3.01. The minimum atomic E-state index is -3.60. The van der Waals surface area contributed by atoms with Crippen LogP contribution >= 0.6 is 0 Å². The minimum absolute atomic E-state index is 0.0110. The van der Waals surface area contributed by atoms with E-state index in [-0.39, 0.29) is 29.2 Å². The van der Waals surface area contributed by atoms with E-state index in [0.717, 1.165) is 12.8 Å². The molecule has 1 heterocycles. The zero-order valence-electron chi connectivity index (χ0n) is 9.86. The zero-order chi connectivity index (χ0) is 12.7. The number of aromatic nitrogens is 1. The fourth-order valence-corrected chi connectivity index (χ4v) is 3.23. The topological polar surface area (TPSA) is 92.4 Å². The van der Waals surface area contributed by atoms with Crippen molar-refractivity contribution < 1.29 is 18.0 Å². The predicted octanol–water partition coefficient (Wildman–Crippen LogP) is 0.342. The second-order valence-corrected chi connectivity index (χ2v) is 6.34. The van der Waals surface area contributed by atoms with Gasteiger partial charge in [0.25, 0.3) is 0 Å². The third-order valence-electron chi connectivity index (χ3n) is 3.17. The first kappa shape index (κ1) is 12.5. The monoisotopic (exact) mass is 260 g/mol. The molecular formula is C10H16N2O4S. The highest BCUT2D eigenvalue weighted by molar-refractivity contribution is 7.89. The third kappa shape index (κ3) is 2.36. The Morgan fingerprint density at radius 2 is 2.12 bits per heavy atom. The molecule has 1 aliphatic rings. The molecule has 17 heavy (non-hydrogen) atoms. The average Bonchev–Trinajstić information content (AvgIpc) is 2.97. The Balaban J connectivity index is 2.15. The number of nitrogens with zero attached hydrogens (tertiary/aromatic N) is 1. The first-order valence-electron chi connectivity index (χ1n) is 5.44. The molecule has 96 valence electrons. The number of sulfonamides is 1. The molecule has 0 saturated heterocycles. The van der Waals surface area contributed by atoms with Crippen LogP contribution in [0, 0.1) is 19.3 Å². The molecule has 0 aliphatic heterocycles. The maximum Gasteiger partial charge on any atom is 0.245 e. The first-order chi connectivity index (χ1) is 7.90. The van der Waals surface area contributed by atoms with Crippen molar-refractivity contribution in [3.8, 4) is 0 Å². The van der Waals surface area contributed by atoms with Crippen molar-refractivity contribution in [2.75, 3.05) is 13.2 Å². The maximum absolute atomic E-state index is 12.0. The van der Waals surface area contributed by atoms with Crippen LogP contribution in [0.25, 0.3) is 0 Å². The van der Waals surface area contributed by atoms with Gasteiger partial charge in [0, 0.05) is 18.6 Å². The molecule has 0 aromatic carbocycles. The van der Waals surface area contributed by atoms with Gasteiger partial charge in [-0.05, 0) is 26.7 Å². The van der Waals surface area contributed by atoms with E-state index in [0.29, 0.717) is 5.69 Å². The first-order valence-corrected chi connectivity index (χ1v) is 6.92. The summed E-state index contributed by atoms with van der Waals surface area (Å²) in [5.74, 6) is 0.281. The van der Waals surface area contributed by atoms with E-state index >= 15 is 0 Å². The van der Waals surface area contributed by atoms with Crippen LogP contribution in [0.2, 0.25) is 0 Å². The Hall–Kier alpha value is -0.920. The molecule has 0 unspecified atom stereocenters. The molecule has 1 aliphatic carbocycles. The quantitative estimate of drug-likeness (QED) is 0.796. The van der Waals surface area contributed by atoms with Gasteiger partial charge < -0.3 is 9.63 Å². The van der Waals surface area contributed by atoms with Crippen LogP contribution < -0.4 is 4.72 Å². The number of hydrogen-bond donors (Lipinski definition) is 2. The van der Waals surface area contributed by atoms with Gasteiger partial charge in [-0.25, -0.2) is 13.1 Å². The number of aliphatic hydroxyl groups excluding tert-OH is 1. The van der Waals surface area contributed by atoms with Crippen molar-refractivity contribution in [2.24, 2.45) is 5.41 Å². The Morgan fingerprint density at radius 1 is 1.47 bits per heavy atom. The van der Waals surface area contributed by atoms with Crippen LogP contribution in [0.5, 0.6) is 0 Å². The minimum Gasteiger partial charge on any atom is -0.396 e. The second kappa shape index (κ2) is 4.08. The summed E-state index contributed by atoms with van der Waals surface area (Å²) in [4.78, 5) is 0.103. The van der Waals surface area contributed by atoms with Gasteiger partial charge in [0.2, 0.25) is 10.0 Å². The molecule has 1 aromatic heterocycles. The average molecular weight is 260 g/mol. The number of aliphatic hydroxyl groups is 1. The summed E-state index contributed by atoms with van der Waals surface area (Å²) in [6.45, 7) is 3.42. The van der Waals surface area contributed by atoms with Gasteiger partial charge >= 0.3 is 0 Å². The lowest BCUT2D eigenvalue weighted by Gasteiger charge is -2.12. The van der Waals surface area contributed by atoms with E-state index in [1.165, 1.54) is 0 Å². The van der Waals surface area contributed by atoms with Crippen LogP contribution in [0.1, 0.15) is 24.3 Å². The van der Waals surface area contributed by atoms with Gasteiger partial charge in [0.05, 0.1) is 0 Å². The maximum atomic E-state index is 12.0. The predicted molar refractivity (Wildman–Crippen MR) is 59.9 cm³/mol. The summed E-state index contributed by atoms with van der Waals surface area (Å²) in [5, 5.41) is 12.7. The standard InChI is InChI=1S/C10H16N2O4S/c1-7-9(8(2)16-12-7)17(14,15)11-5-10(6-13)3-4-10/h11,13H,3-6H2,1-2H3. The molecule has 2 N–H and O–H groups in total. The van der Waals surface area contributed by atoms with Gasteiger partial charge in [-0.2, -0.15) is 0 Å². The van der Waals surface area contributed by atoms with Crippen molar-refractivity contribution >= 4 is 10.0 Å². The van der Waals surface area contributed by atoms with Crippen molar-refractivity contribution in [1.29, 1.82) is 0 Å². The van der Waals surface area contributed by atoms with E-state index in [4.69, 9.17) is 9.63 Å². The van der Waals surface area contributed by atoms with Gasteiger partial charge in [-0.15, -0.1) is 0 Å². The molecule has 0 amide bonds. The second-order valence-electron chi connectivity index (χ2n) is 4.64. The molecule has 0 atom stereocenters. The number of hydrogen-bond acceptors (Lipinski definition) is 5. The highest BCUT2D eigenvalue weighted by Crippen LogP contribution is 2.44. The van der Waals surface area contributed by atoms with Gasteiger partial charge in [0.15, 0.2) is 5.76 Å². The molecule has 6 nitrogen and oxygen atoms in total. The molecule has 0 radical (unpaired) electrons. The summed E-state index contributed by atoms with van der Waals surface area (Å²) in [6, 6.07) is 0. The Labute approximate surface area is 100 Å². The largest absolute Gasteiger partial charge is 0.396 e. The van der Waals surface area contributed by atoms with Crippen molar-refractivity contribution in [2.45, 2.75) is 31.6 Å². The normalized spacial score (nSPS) is 18.3. The fourth-order valence-electron chi connectivity index (χ4n) is 1.75. The summed E-state index contributed by atoms with van der Waals surface area (Å²) < 4.78 is 31.4. The van der Waals surface area contributed by atoms with Crippen LogP contribution in [-0.4, -0.2) is 31.8 Å². The van der Waals surface area contributed by atoms with Crippen LogP contribution in [0.3, 0.4) is 0 Å². The molecular weight excluding hydrogens is 244 g/mol. The molecule has 2 rings (SSSR count). The van der Waals surface area contributed by atoms with Crippen LogP contribution in [0.15, 0.2) is 9.42 Å². The Bertz CT molecular complexity index is 497. The number of nitrogens with one attached hydrogen (secondary N) is 1. The smallest absolute Gasteiger partial charge is 0.245 e. The van der Waals surface area contributed by atoms with Crippen LogP contribution in [0.4, 0.5) is 0 Å². The van der Waals surface area contributed by atoms with Crippen LogP contribution in [-0.2, 0) is 10.0 Å². The third-order valence-corrected chi connectivity index (χ3v) is 4.81. The molecule has 1 saturated carbocycles. The van der Waals surface area contributed by atoms with Crippen molar-refractivity contribution in [3.63, 3.8) is 0 Å². The summed E-state index contributed by atoms with van der Waals surface area (Å²) in [6.07, 6.45) is 1.71. The molecule has 0 spiro atoms. The van der Waals surface area contributed by atoms with E-state index in [1.54, 1.807) is 13.8 Å².